The highest BCUT2D eigenvalue weighted by Crippen LogP contribution is 2.32. The first-order chi connectivity index (χ1) is 11.3. The van der Waals surface area contributed by atoms with Crippen LogP contribution < -0.4 is 0 Å². The summed E-state index contributed by atoms with van der Waals surface area (Å²) in [6, 6.07) is 10.0. The highest BCUT2D eigenvalue weighted by atomic mass is 16.2. The zero-order valence-electron chi connectivity index (χ0n) is 12.8. The summed E-state index contributed by atoms with van der Waals surface area (Å²) in [7, 11) is 0. The zero-order valence-corrected chi connectivity index (χ0v) is 12.8. The summed E-state index contributed by atoms with van der Waals surface area (Å²) < 4.78 is 1.81. The molecule has 0 saturated carbocycles. The Hall–Kier alpha value is -2.69. The van der Waals surface area contributed by atoms with E-state index < -0.39 is 0 Å². The SMILES string of the molecule is O=C(Cc1cnn2ccccc12)N1CCCC1c1cccnc1. The van der Waals surface area contributed by atoms with Gasteiger partial charge in [-0.05, 0) is 36.6 Å². The number of carbonyl (C=O) groups is 1. The standard InChI is InChI=1S/C18H18N4O/c23-18(11-15-13-20-22-10-2-1-6-17(15)22)21-9-4-7-16(21)14-5-3-8-19-12-14/h1-3,5-6,8,10,12-13,16H,4,7,9,11H2. The molecule has 4 rings (SSSR count). The Labute approximate surface area is 134 Å². The van der Waals surface area contributed by atoms with Crippen LogP contribution in [0.4, 0.5) is 0 Å². The lowest BCUT2D eigenvalue weighted by atomic mass is 10.1. The van der Waals surface area contributed by atoms with Gasteiger partial charge in [-0.2, -0.15) is 5.10 Å². The number of pyridine rings is 2. The predicted molar refractivity (Wildman–Crippen MR) is 86.8 cm³/mol. The second-order valence-corrected chi connectivity index (χ2v) is 5.91. The van der Waals surface area contributed by atoms with E-state index in [0.29, 0.717) is 6.42 Å². The Kier molecular flexibility index (Phi) is 3.54. The van der Waals surface area contributed by atoms with Crippen LogP contribution in [0.2, 0.25) is 0 Å². The molecular formula is C18H18N4O. The average molecular weight is 306 g/mol. The van der Waals surface area contributed by atoms with Crippen molar-refractivity contribution < 1.29 is 4.79 Å². The summed E-state index contributed by atoms with van der Waals surface area (Å²) in [6.07, 6.45) is 9.77. The van der Waals surface area contributed by atoms with E-state index in [2.05, 4.69) is 16.1 Å². The fourth-order valence-electron chi connectivity index (χ4n) is 3.37. The number of nitrogens with zero attached hydrogens (tertiary/aromatic N) is 4. The molecule has 3 aromatic rings. The number of fused-ring (bicyclic) bond motifs is 1. The van der Waals surface area contributed by atoms with Crippen LogP contribution in [0.15, 0.2) is 55.1 Å². The van der Waals surface area contributed by atoms with Gasteiger partial charge in [0.2, 0.25) is 5.91 Å². The van der Waals surface area contributed by atoms with E-state index in [1.54, 1.807) is 12.4 Å². The van der Waals surface area contributed by atoms with Crippen molar-refractivity contribution in [3.63, 3.8) is 0 Å². The van der Waals surface area contributed by atoms with Crippen LogP contribution >= 0.6 is 0 Å². The van der Waals surface area contributed by atoms with Gasteiger partial charge < -0.3 is 4.90 Å². The molecule has 1 saturated heterocycles. The van der Waals surface area contributed by atoms with E-state index >= 15 is 0 Å². The van der Waals surface area contributed by atoms with E-state index in [4.69, 9.17) is 0 Å². The molecule has 0 aromatic carbocycles. The highest BCUT2D eigenvalue weighted by molar-refractivity contribution is 5.81. The summed E-state index contributed by atoms with van der Waals surface area (Å²) in [5.41, 5.74) is 3.10. The number of amides is 1. The minimum Gasteiger partial charge on any atom is -0.335 e. The fraction of sp³-hybridized carbons (Fsp3) is 0.278. The summed E-state index contributed by atoms with van der Waals surface area (Å²) in [6.45, 7) is 0.817. The minimum atomic E-state index is 0.151. The number of rotatable bonds is 3. The van der Waals surface area contributed by atoms with Gasteiger partial charge in [0, 0.05) is 30.7 Å². The van der Waals surface area contributed by atoms with Gasteiger partial charge in [-0.3, -0.25) is 9.78 Å². The molecule has 1 aliphatic heterocycles. The van der Waals surface area contributed by atoms with Gasteiger partial charge in [0.1, 0.15) is 0 Å². The third-order valence-corrected chi connectivity index (χ3v) is 4.49. The molecule has 1 atom stereocenters. The highest BCUT2D eigenvalue weighted by Gasteiger charge is 2.30. The Morgan fingerprint density at radius 3 is 3.04 bits per heavy atom. The lowest BCUT2D eigenvalue weighted by molar-refractivity contribution is -0.131. The third kappa shape index (κ3) is 2.59. The van der Waals surface area contributed by atoms with Crippen LogP contribution in [0.3, 0.4) is 0 Å². The van der Waals surface area contributed by atoms with Crippen molar-refractivity contribution in [2.45, 2.75) is 25.3 Å². The lowest BCUT2D eigenvalue weighted by Crippen LogP contribution is -2.31. The molecule has 0 bridgehead atoms. The monoisotopic (exact) mass is 306 g/mol. The molecule has 1 aliphatic rings. The van der Waals surface area contributed by atoms with Crippen molar-refractivity contribution in [2.75, 3.05) is 6.54 Å². The van der Waals surface area contributed by atoms with Gasteiger partial charge in [-0.25, -0.2) is 4.52 Å². The summed E-state index contributed by atoms with van der Waals surface area (Å²) >= 11 is 0. The fourth-order valence-corrected chi connectivity index (χ4v) is 3.37. The first kappa shape index (κ1) is 13.9. The molecule has 23 heavy (non-hydrogen) atoms. The van der Waals surface area contributed by atoms with Crippen molar-refractivity contribution in [1.82, 2.24) is 19.5 Å². The molecule has 5 heteroatoms. The summed E-state index contributed by atoms with van der Waals surface area (Å²) in [4.78, 5) is 19.0. The smallest absolute Gasteiger partial charge is 0.227 e. The second-order valence-electron chi connectivity index (χ2n) is 5.91. The molecular weight excluding hydrogens is 288 g/mol. The van der Waals surface area contributed by atoms with E-state index in [0.717, 1.165) is 36.0 Å². The topological polar surface area (TPSA) is 50.5 Å². The Balaban J connectivity index is 1.56. The van der Waals surface area contributed by atoms with Crippen LogP contribution in [-0.2, 0) is 11.2 Å². The Morgan fingerprint density at radius 1 is 1.22 bits per heavy atom. The molecule has 1 amide bonds. The van der Waals surface area contributed by atoms with Crippen molar-refractivity contribution >= 4 is 11.4 Å². The van der Waals surface area contributed by atoms with Gasteiger partial charge in [-0.15, -0.1) is 0 Å². The molecule has 0 spiro atoms. The molecule has 0 N–H and O–H groups in total. The molecule has 116 valence electrons. The molecule has 0 aliphatic carbocycles. The molecule has 4 heterocycles. The van der Waals surface area contributed by atoms with Gasteiger partial charge in [-0.1, -0.05) is 12.1 Å². The van der Waals surface area contributed by atoms with Crippen molar-refractivity contribution in [3.05, 3.63) is 66.2 Å². The Morgan fingerprint density at radius 2 is 2.17 bits per heavy atom. The van der Waals surface area contributed by atoms with Crippen molar-refractivity contribution in [2.24, 2.45) is 0 Å². The van der Waals surface area contributed by atoms with Crippen molar-refractivity contribution in [1.29, 1.82) is 0 Å². The summed E-state index contributed by atoms with van der Waals surface area (Å²) in [5, 5.41) is 4.31. The summed E-state index contributed by atoms with van der Waals surface area (Å²) in [5.74, 6) is 0.162. The maximum absolute atomic E-state index is 12.8. The largest absolute Gasteiger partial charge is 0.335 e. The van der Waals surface area contributed by atoms with E-state index in [1.165, 1.54) is 0 Å². The number of likely N-dealkylation sites (tertiary alicyclic amines) is 1. The van der Waals surface area contributed by atoms with E-state index in [9.17, 15) is 4.79 Å². The number of hydrogen-bond acceptors (Lipinski definition) is 3. The lowest BCUT2D eigenvalue weighted by Gasteiger charge is -2.24. The second kappa shape index (κ2) is 5.83. The minimum absolute atomic E-state index is 0.151. The van der Waals surface area contributed by atoms with Crippen LogP contribution in [-0.4, -0.2) is 31.9 Å². The van der Waals surface area contributed by atoms with Gasteiger partial charge in [0.15, 0.2) is 0 Å². The van der Waals surface area contributed by atoms with Crippen LogP contribution in [0.25, 0.3) is 5.52 Å². The Bertz CT molecular complexity index is 827. The quantitative estimate of drug-likeness (QED) is 0.747. The maximum atomic E-state index is 12.8. The number of aromatic nitrogens is 3. The van der Waals surface area contributed by atoms with Crippen molar-refractivity contribution in [3.8, 4) is 0 Å². The van der Waals surface area contributed by atoms with Gasteiger partial charge in [0.25, 0.3) is 0 Å². The normalized spacial score (nSPS) is 17.7. The maximum Gasteiger partial charge on any atom is 0.227 e. The van der Waals surface area contributed by atoms with Crippen LogP contribution in [0.1, 0.15) is 30.0 Å². The molecule has 3 aromatic heterocycles. The molecule has 1 unspecified atom stereocenters. The van der Waals surface area contributed by atoms with Gasteiger partial charge in [0.05, 0.1) is 24.2 Å². The first-order valence-electron chi connectivity index (χ1n) is 7.93. The predicted octanol–water partition coefficient (Wildman–Crippen LogP) is 2.64. The number of hydrogen-bond donors (Lipinski definition) is 0. The molecule has 0 radical (unpaired) electrons. The van der Waals surface area contributed by atoms with E-state index in [-0.39, 0.29) is 11.9 Å². The zero-order chi connectivity index (χ0) is 15.6. The first-order valence-corrected chi connectivity index (χ1v) is 7.93. The van der Waals surface area contributed by atoms with Crippen LogP contribution in [0.5, 0.6) is 0 Å². The third-order valence-electron chi connectivity index (χ3n) is 4.49. The number of carbonyl (C=O) groups excluding carboxylic acids is 1. The van der Waals surface area contributed by atoms with E-state index in [1.807, 2.05) is 46.1 Å². The molecule has 1 fully saturated rings. The van der Waals surface area contributed by atoms with Gasteiger partial charge >= 0.3 is 0 Å². The molecule has 5 nitrogen and oxygen atoms in total. The average Bonchev–Trinajstić information content (AvgIpc) is 3.23. The van der Waals surface area contributed by atoms with Crippen LogP contribution in [0, 0.1) is 0 Å².